The number of rotatable bonds is 3. The summed E-state index contributed by atoms with van der Waals surface area (Å²) in [6.07, 6.45) is 4.05. The first-order chi connectivity index (χ1) is 11.5. The van der Waals surface area contributed by atoms with Crippen LogP contribution in [0.15, 0.2) is 42.5 Å². The van der Waals surface area contributed by atoms with E-state index < -0.39 is 0 Å². The second kappa shape index (κ2) is 7.41. The highest BCUT2D eigenvalue weighted by Gasteiger charge is 2.27. The van der Waals surface area contributed by atoms with Crippen molar-refractivity contribution in [3.8, 4) is 6.07 Å². The van der Waals surface area contributed by atoms with Crippen LogP contribution in [-0.4, -0.2) is 0 Å². The highest BCUT2D eigenvalue weighted by atomic mass is 35.5. The van der Waals surface area contributed by atoms with Gasteiger partial charge >= 0.3 is 0 Å². The van der Waals surface area contributed by atoms with Crippen LogP contribution in [0.5, 0.6) is 0 Å². The smallest absolute Gasteiger partial charge is 0.0656 e. The van der Waals surface area contributed by atoms with Gasteiger partial charge in [-0.3, -0.25) is 0 Å². The minimum absolute atomic E-state index is 0.190. The Morgan fingerprint density at radius 2 is 1.83 bits per heavy atom. The summed E-state index contributed by atoms with van der Waals surface area (Å²) < 4.78 is 0. The third kappa shape index (κ3) is 4.00. The topological polar surface area (TPSA) is 23.8 Å². The molecule has 2 aromatic rings. The first kappa shape index (κ1) is 17.1. The van der Waals surface area contributed by atoms with E-state index in [4.69, 9.17) is 11.6 Å². The fraction of sp³-hybridized carbons (Fsp3) is 0.409. The van der Waals surface area contributed by atoms with E-state index in [-0.39, 0.29) is 5.92 Å². The summed E-state index contributed by atoms with van der Waals surface area (Å²) in [6.45, 7) is 4.37. The SMILES string of the molecule is Cc1ccc(Cc2cc(C3CC(C)CC(C#N)C3)ccc2Cl)cc1. The summed E-state index contributed by atoms with van der Waals surface area (Å²) in [6, 6.07) is 17.6. The molecule has 0 spiro atoms. The molecule has 24 heavy (non-hydrogen) atoms. The average molecular weight is 338 g/mol. The maximum absolute atomic E-state index is 9.32. The predicted octanol–water partition coefficient (Wildman–Crippen LogP) is 6.28. The van der Waals surface area contributed by atoms with E-state index >= 15 is 0 Å². The van der Waals surface area contributed by atoms with Gasteiger partial charge in [0, 0.05) is 10.9 Å². The van der Waals surface area contributed by atoms with Gasteiger partial charge in [0.25, 0.3) is 0 Å². The molecule has 0 aromatic heterocycles. The summed E-state index contributed by atoms with van der Waals surface area (Å²) >= 11 is 6.45. The number of halogens is 1. The molecule has 1 aliphatic carbocycles. The third-order valence-corrected chi connectivity index (χ3v) is 5.55. The lowest BCUT2D eigenvalue weighted by Gasteiger charge is -2.30. The van der Waals surface area contributed by atoms with Crippen LogP contribution in [0.25, 0.3) is 0 Å². The number of aryl methyl sites for hydroxylation is 1. The van der Waals surface area contributed by atoms with Gasteiger partial charge in [-0.05, 0) is 67.2 Å². The molecule has 0 aliphatic heterocycles. The Hall–Kier alpha value is -1.78. The van der Waals surface area contributed by atoms with Crippen LogP contribution in [-0.2, 0) is 6.42 Å². The Morgan fingerprint density at radius 1 is 1.08 bits per heavy atom. The molecule has 0 heterocycles. The minimum atomic E-state index is 0.190. The average Bonchev–Trinajstić information content (AvgIpc) is 2.58. The molecule has 2 aromatic carbocycles. The molecule has 124 valence electrons. The second-order valence-corrected chi connectivity index (χ2v) is 7.76. The highest BCUT2D eigenvalue weighted by molar-refractivity contribution is 6.31. The first-order valence-corrected chi connectivity index (χ1v) is 9.16. The molecule has 3 rings (SSSR count). The van der Waals surface area contributed by atoms with Gasteiger partial charge in [-0.1, -0.05) is 60.5 Å². The van der Waals surface area contributed by atoms with Gasteiger partial charge < -0.3 is 0 Å². The zero-order chi connectivity index (χ0) is 17.1. The van der Waals surface area contributed by atoms with Crippen molar-refractivity contribution in [3.05, 3.63) is 69.7 Å². The largest absolute Gasteiger partial charge is 0.198 e. The maximum atomic E-state index is 9.32. The molecule has 1 nitrogen and oxygen atoms in total. The molecule has 0 N–H and O–H groups in total. The molecule has 3 atom stereocenters. The van der Waals surface area contributed by atoms with Gasteiger partial charge in [-0.15, -0.1) is 0 Å². The zero-order valence-corrected chi connectivity index (χ0v) is 15.2. The van der Waals surface area contributed by atoms with Crippen molar-refractivity contribution in [3.63, 3.8) is 0 Å². The Kier molecular flexibility index (Phi) is 5.27. The molecule has 0 bridgehead atoms. The van der Waals surface area contributed by atoms with Crippen LogP contribution in [0.4, 0.5) is 0 Å². The van der Waals surface area contributed by atoms with E-state index in [2.05, 4.69) is 56.3 Å². The third-order valence-electron chi connectivity index (χ3n) is 5.18. The van der Waals surface area contributed by atoms with Crippen molar-refractivity contribution in [1.82, 2.24) is 0 Å². The van der Waals surface area contributed by atoms with Gasteiger partial charge in [0.2, 0.25) is 0 Å². The van der Waals surface area contributed by atoms with E-state index in [0.717, 1.165) is 24.3 Å². The van der Waals surface area contributed by atoms with E-state index in [0.29, 0.717) is 11.8 Å². The number of nitrogens with zero attached hydrogens (tertiary/aromatic N) is 1. The quantitative estimate of drug-likeness (QED) is 0.646. The standard InChI is InChI=1S/C22H24ClN/c1-15-3-5-17(6-4-15)11-21-13-19(7-8-22(21)23)20-10-16(2)9-18(12-20)14-24/h3-8,13,16,18,20H,9-12H2,1-2H3. The van der Waals surface area contributed by atoms with Gasteiger partial charge in [-0.25, -0.2) is 0 Å². The van der Waals surface area contributed by atoms with Crippen molar-refractivity contribution >= 4 is 11.6 Å². The van der Waals surface area contributed by atoms with Crippen LogP contribution < -0.4 is 0 Å². The number of nitriles is 1. The number of benzene rings is 2. The van der Waals surface area contributed by atoms with Gasteiger partial charge in [0.1, 0.15) is 0 Å². The Balaban J connectivity index is 1.83. The summed E-state index contributed by atoms with van der Waals surface area (Å²) in [5, 5.41) is 10.2. The molecule has 0 radical (unpaired) electrons. The second-order valence-electron chi connectivity index (χ2n) is 7.35. The molecule has 2 heteroatoms. The Morgan fingerprint density at radius 3 is 2.54 bits per heavy atom. The van der Waals surface area contributed by atoms with E-state index in [1.807, 2.05) is 6.07 Å². The molecule has 1 saturated carbocycles. The van der Waals surface area contributed by atoms with Crippen molar-refractivity contribution in [2.45, 2.75) is 45.4 Å². The number of hydrogen-bond donors (Lipinski definition) is 0. The zero-order valence-electron chi connectivity index (χ0n) is 14.4. The van der Waals surface area contributed by atoms with E-state index in [1.165, 1.54) is 28.7 Å². The van der Waals surface area contributed by atoms with Crippen LogP contribution in [0.1, 0.15) is 54.4 Å². The maximum Gasteiger partial charge on any atom is 0.0656 e. The van der Waals surface area contributed by atoms with Gasteiger partial charge in [0.05, 0.1) is 6.07 Å². The van der Waals surface area contributed by atoms with Crippen LogP contribution in [0.2, 0.25) is 5.02 Å². The summed E-state index contributed by atoms with van der Waals surface area (Å²) in [4.78, 5) is 0. The van der Waals surface area contributed by atoms with Crippen molar-refractivity contribution < 1.29 is 0 Å². The lowest BCUT2D eigenvalue weighted by molar-refractivity contribution is 0.295. The first-order valence-electron chi connectivity index (χ1n) is 8.78. The fourth-order valence-electron chi connectivity index (χ4n) is 3.89. The fourth-order valence-corrected chi connectivity index (χ4v) is 4.08. The minimum Gasteiger partial charge on any atom is -0.198 e. The van der Waals surface area contributed by atoms with Gasteiger partial charge in [-0.2, -0.15) is 5.26 Å². The van der Waals surface area contributed by atoms with Gasteiger partial charge in [0.15, 0.2) is 0 Å². The van der Waals surface area contributed by atoms with Crippen LogP contribution >= 0.6 is 11.6 Å². The van der Waals surface area contributed by atoms with E-state index in [9.17, 15) is 5.26 Å². The molecule has 3 unspecified atom stereocenters. The van der Waals surface area contributed by atoms with Crippen molar-refractivity contribution in [2.75, 3.05) is 0 Å². The highest BCUT2D eigenvalue weighted by Crippen LogP contribution is 2.40. The molecule has 0 amide bonds. The Bertz CT molecular complexity index is 742. The molecular formula is C22H24ClN. The summed E-state index contributed by atoms with van der Waals surface area (Å²) in [5.74, 6) is 1.28. The van der Waals surface area contributed by atoms with Crippen LogP contribution in [0.3, 0.4) is 0 Å². The Labute approximate surface area is 150 Å². The molecule has 0 saturated heterocycles. The normalized spacial score (nSPS) is 23.7. The lowest BCUT2D eigenvalue weighted by Crippen LogP contribution is -2.19. The lowest BCUT2D eigenvalue weighted by atomic mass is 9.73. The summed E-state index contributed by atoms with van der Waals surface area (Å²) in [7, 11) is 0. The predicted molar refractivity (Wildman–Crippen MR) is 100 cm³/mol. The molecule has 1 fully saturated rings. The van der Waals surface area contributed by atoms with Crippen molar-refractivity contribution in [1.29, 1.82) is 5.26 Å². The summed E-state index contributed by atoms with van der Waals surface area (Å²) in [5.41, 5.74) is 5.09. The molecular weight excluding hydrogens is 314 g/mol. The number of hydrogen-bond acceptors (Lipinski definition) is 1. The van der Waals surface area contributed by atoms with Crippen molar-refractivity contribution in [2.24, 2.45) is 11.8 Å². The van der Waals surface area contributed by atoms with E-state index in [1.54, 1.807) is 0 Å². The molecule has 1 aliphatic rings. The monoisotopic (exact) mass is 337 g/mol. The van der Waals surface area contributed by atoms with Crippen LogP contribution in [0, 0.1) is 30.1 Å².